The molecule has 9 heteroatoms. The number of rotatable bonds is 5. The van der Waals surface area contributed by atoms with Crippen LogP contribution in [0.3, 0.4) is 0 Å². The van der Waals surface area contributed by atoms with Crippen molar-refractivity contribution in [2.24, 2.45) is 5.92 Å². The molecule has 1 spiro atoms. The Morgan fingerprint density at radius 3 is 2.56 bits per heavy atom. The zero-order valence-corrected chi connectivity index (χ0v) is 15.0. The van der Waals surface area contributed by atoms with Crippen LogP contribution in [-0.4, -0.2) is 61.2 Å². The van der Waals surface area contributed by atoms with Gasteiger partial charge in [0.1, 0.15) is 5.82 Å². The van der Waals surface area contributed by atoms with E-state index in [0.717, 1.165) is 44.7 Å². The first-order chi connectivity index (χ1) is 12.7. The summed E-state index contributed by atoms with van der Waals surface area (Å²) in [5.41, 5.74) is 0.776. The van der Waals surface area contributed by atoms with Gasteiger partial charge in [-0.05, 0) is 24.8 Å². The first-order valence-electron chi connectivity index (χ1n) is 8.57. The van der Waals surface area contributed by atoms with Crippen molar-refractivity contribution >= 4 is 5.97 Å². The summed E-state index contributed by atoms with van der Waals surface area (Å²) < 4.78 is 56.6. The number of alkyl halides is 3. The van der Waals surface area contributed by atoms with Crippen molar-refractivity contribution in [2.45, 2.75) is 31.2 Å². The molecule has 1 aromatic carbocycles. The Labute approximate surface area is 154 Å². The normalized spacial score (nSPS) is 21.4. The third-order valence-corrected chi connectivity index (χ3v) is 4.85. The first kappa shape index (κ1) is 21.6. The summed E-state index contributed by atoms with van der Waals surface area (Å²) in [4.78, 5) is 11.2. The number of ether oxygens (including phenoxy) is 2. The van der Waals surface area contributed by atoms with E-state index in [4.69, 9.17) is 19.4 Å². The van der Waals surface area contributed by atoms with E-state index >= 15 is 0 Å². The number of carboxylic acids is 1. The second kappa shape index (κ2) is 8.99. The molecule has 2 saturated heterocycles. The minimum absolute atomic E-state index is 0.00376. The predicted molar refractivity (Wildman–Crippen MR) is 88.7 cm³/mol. The standard InChI is InChI=1S/C16H22FNO2.C2HF3O2/c1-19-8-6-14-7-9-20-16(14)11-18(12-16)10-13-4-2-3-5-15(13)17;3-2(4,5)1(6)7/h2-5,14H,6-12H2,1H3;(H,6,7). The van der Waals surface area contributed by atoms with E-state index in [1.165, 1.54) is 6.07 Å². The second-order valence-corrected chi connectivity index (χ2v) is 6.72. The van der Waals surface area contributed by atoms with Crippen LogP contribution in [0.25, 0.3) is 0 Å². The van der Waals surface area contributed by atoms with E-state index in [0.29, 0.717) is 12.5 Å². The van der Waals surface area contributed by atoms with Gasteiger partial charge in [-0.25, -0.2) is 9.18 Å². The van der Waals surface area contributed by atoms with Crippen molar-refractivity contribution in [3.05, 3.63) is 35.6 Å². The lowest BCUT2D eigenvalue weighted by Gasteiger charge is -2.50. The summed E-state index contributed by atoms with van der Waals surface area (Å²) >= 11 is 0. The van der Waals surface area contributed by atoms with Crippen molar-refractivity contribution in [1.29, 1.82) is 0 Å². The van der Waals surface area contributed by atoms with Gasteiger partial charge in [-0.15, -0.1) is 0 Å². The molecule has 1 atom stereocenters. The van der Waals surface area contributed by atoms with Gasteiger partial charge in [-0.1, -0.05) is 18.2 Å². The molecule has 2 heterocycles. The van der Waals surface area contributed by atoms with E-state index in [2.05, 4.69) is 4.90 Å². The number of nitrogens with zero attached hydrogens (tertiary/aromatic N) is 1. The lowest BCUT2D eigenvalue weighted by Crippen LogP contribution is -2.64. The number of halogens is 4. The number of carboxylic acid groups (broad SMARTS) is 1. The molecule has 1 N–H and O–H groups in total. The van der Waals surface area contributed by atoms with Crippen LogP contribution >= 0.6 is 0 Å². The number of carbonyl (C=O) groups is 1. The Hall–Kier alpha value is -1.71. The SMILES string of the molecule is COCCC1CCOC12CN(Cc1ccccc1F)C2.O=C(O)C(F)(F)F. The monoisotopic (exact) mass is 393 g/mol. The molecule has 5 nitrogen and oxygen atoms in total. The van der Waals surface area contributed by atoms with Gasteiger partial charge in [0.2, 0.25) is 0 Å². The Balaban J connectivity index is 0.000000321. The summed E-state index contributed by atoms with van der Waals surface area (Å²) in [6, 6.07) is 7.01. The molecule has 0 saturated carbocycles. The zero-order valence-electron chi connectivity index (χ0n) is 15.0. The van der Waals surface area contributed by atoms with E-state index < -0.39 is 12.1 Å². The van der Waals surface area contributed by atoms with Crippen molar-refractivity contribution in [3.63, 3.8) is 0 Å². The third kappa shape index (κ3) is 5.63. The van der Waals surface area contributed by atoms with Crippen LogP contribution in [-0.2, 0) is 20.8 Å². The van der Waals surface area contributed by atoms with E-state index in [1.54, 1.807) is 13.2 Å². The fourth-order valence-corrected chi connectivity index (χ4v) is 3.49. The van der Waals surface area contributed by atoms with Crippen LogP contribution in [0.2, 0.25) is 0 Å². The Morgan fingerprint density at radius 2 is 2.00 bits per heavy atom. The highest BCUT2D eigenvalue weighted by Crippen LogP contribution is 2.42. The van der Waals surface area contributed by atoms with Gasteiger partial charge in [0.25, 0.3) is 0 Å². The van der Waals surface area contributed by atoms with Gasteiger partial charge in [0, 0.05) is 45.5 Å². The fourth-order valence-electron chi connectivity index (χ4n) is 3.49. The largest absolute Gasteiger partial charge is 0.490 e. The van der Waals surface area contributed by atoms with Crippen molar-refractivity contribution < 1.29 is 36.9 Å². The molecule has 2 fully saturated rings. The molecule has 1 unspecified atom stereocenters. The minimum Gasteiger partial charge on any atom is -0.475 e. The maximum absolute atomic E-state index is 13.6. The molecule has 3 rings (SSSR count). The molecule has 0 aliphatic carbocycles. The summed E-state index contributed by atoms with van der Waals surface area (Å²) in [6.45, 7) is 4.14. The van der Waals surface area contributed by atoms with Crippen LogP contribution in [0.15, 0.2) is 24.3 Å². The van der Waals surface area contributed by atoms with E-state index in [9.17, 15) is 17.6 Å². The molecule has 152 valence electrons. The number of benzene rings is 1. The number of likely N-dealkylation sites (tertiary alicyclic amines) is 1. The van der Waals surface area contributed by atoms with Crippen LogP contribution in [0.4, 0.5) is 17.6 Å². The lowest BCUT2D eigenvalue weighted by atomic mass is 9.79. The van der Waals surface area contributed by atoms with Crippen LogP contribution < -0.4 is 0 Å². The summed E-state index contributed by atoms with van der Waals surface area (Å²) in [7, 11) is 1.74. The third-order valence-electron chi connectivity index (χ3n) is 4.85. The maximum Gasteiger partial charge on any atom is 0.490 e. The number of methoxy groups -OCH3 is 1. The maximum atomic E-state index is 13.6. The molecule has 0 aromatic heterocycles. The molecule has 27 heavy (non-hydrogen) atoms. The Morgan fingerprint density at radius 1 is 1.37 bits per heavy atom. The predicted octanol–water partition coefficient (Wildman–Crippen LogP) is 3.09. The van der Waals surface area contributed by atoms with Gasteiger partial charge >= 0.3 is 12.1 Å². The quantitative estimate of drug-likeness (QED) is 0.780. The number of aliphatic carboxylic acids is 1. The Kier molecular flexibility index (Phi) is 7.19. The minimum atomic E-state index is -5.08. The van der Waals surface area contributed by atoms with Gasteiger partial charge in [-0.2, -0.15) is 13.2 Å². The van der Waals surface area contributed by atoms with Crippen LogP contribution in [0.1, 0.15) is 18.4 Å². The van der Waals surface area contributed by atoms with Gasteiger partial charge in [0.05, 0.1) is 5.60 Å². The smallest absolute Gasteiger partial charge is 0.475 e. The van der Waals surface area contributed by atoms with E-state index in [-0.39, 0.29) is 11.4 Å². The topological polar surface area (TPSA) is 59.0 Å². The van der Waals surface area contributed by atoms with Crippen molar-refractivity contribution in [3.8, 4) is 0 Å². The molecule has 0 radical (unpaired) electrons. The molecule has 2 aliphatic heterocycles. The van der Waals surface area contributed by atoms with Crippen LogP contribution in [0.5, 0.6) is 0 Å². The molecular formula is C18H23F4NO4. The van der Waals surface area contributed by atoms with Crippen LogP contribution in [0, 0.1) is 11.7 Å². The zero-order chi connectivity index (χ0) is 20.1. The first-order valence-corrected chi connectivity index (χ1v) is 8.57. The van der Waals surface area contributed by atoms with Crippen molar-refractivity contribution in [1.82, 2.24) is 4.90 Å². The molecule has 1 aromatic rings. The highest BCUT2D eigenvalue weighted by Gasteiger charge is 2.52. The number of hydrogen-bond acceptors (Lipinski definition) is 4. The molecular weight excluding hydrogens is 370 g/mol. The second-order valence-electron chi connectivity index (χ2n) is 6.72. The van der Waals surface area contributed by atoms with E-state index in [1.807, 2.05) is 12.1 Å². The molecule has 0 bridgehead atoms. The van der Waals surface area contributed by atoms with Crippen molar-refractivity contribution in [2.75, 3.05) is 33.4 Å². The Bertz CT molecular complexity index is 632. The average Bonchev–Trinajstić information content (AvgIpc) is 2.98. The highest BCUT2D eigenvalue weighted by atomic mass is 19.4. The fraction of sp³-hybridized carbons (Fsp3) is 0.611. The summed E-state index contributed by atoms with van der Waals surface area (Å²) in [5, 5.41) is 7.12. The highest BCUT2D eigenvalue weighted by molar-refractivity contribution is 5.73. The summed E-state index contributed by atoms with van der Waals surface area (Å²) in [5.74, 6) is -2.29. The summed E-state index contributed by atoms with van der Waals surface area (Å²) in [6.07, 6.45) is -2.90. The average molecular weight is 393 g/mol. The van der Waals surface area contributed by atoms with Gasteiger partial charge in [-0.3, -0.25) is 4.90 Å². The van der Waals surface area contributed by atoms with Gasteiger partial charge < -0.3 is 14.6 Å². The lowest BCUT2D eigenvalue weighted by molar-refractivity contribution is -0.192. The number of hydrogen-bond donors (Lipinski definition) is 1. The molecule has 0 amide bonds. The molecule has 2 aliphatic rings. The van der Waals surface area contributed by atoms with Gasteiger partial charge in [0.15, 0.2) is 0 Å².